The van der Waals surface area contributed by atoms with Gasteiger partial charge in [-0.3, -0.25) is 4.79 Å². The van der Waals surface area contributed by atoms with Gasteiger partial charge in [0.15, 0.2) is 12.6 Å². The normalized spacial score (nSPS) is 13.9. The molecule has 1 aliphatic carbocycles. The highest BCUT2D eigenvalue weighted by Gasteiger charge is 2.15. The van der Waals surface area contributed by atoms with E-state index in [0.29, 0.717) is 29.8 Å². The average molecular weight is 400 g/mol. The van der Waals surface area contributed by atoms with Crippen LogP contribution in [0.15, 0.2) is 24.3 Å². The Kier molecular flexibility index (Phi) is 7.24. The molecule has 1 aliphatic rings. The first-order valence-corrected chi connectivity index (χ1v) is 9.82. The molecule has 2 aromatic rings. The Balaban J connectivity index is 1.63. The first-order chi connectivity index (χ1) is 14.0. The van der Waals surface area contributed by atoms with Crippen LogP contribution in [0.5, 0.6) is 11.8 Å². The molecule has 8 heteroatoms. The van der Waals surface area contributed by atoms with Crippen molar-refractivity contribution in [3.05, 3.63) is 35.5 Å². The number of ether oxygens (including phenoxy) is 3. The van der Waals surface area contributed by atoms with Crippen LogP contribution in [0.1, 0.15) is 43.9 Å². The van der Waals surface area contributed by atoms with Crippen molar-refractivity contribution < 1.29 is 19.0 Å². The number of aryl methyl sites for hydroxylation is 1. The van der Waals surface area contributed by atoms with E-state index in [1.54, 1.807) is 6.92 Å². The van der Waals surface area contributed by atoms with Gasteiger partial charge in [0.05, 0.1) is 18.9 Å². The molecule has 1 aromatic heterocycles. The zero-order valence-corrected chi connectivity index (χ0v) is 17.2. The lowest BCUT2D eigenvalue weighted by Crippen LogP contribution is -2.14. The summed E-state index contributed by atoms with van der Waals surface area (Å²) in [5, 5.41) is 6.02. The summed E-state index contributed by atoms with van der Waals surface area (Å²) in [6.07, 6.45) is 5.03. The van der Waals surface area contributed by atoms with E-state index in [0.717, 1.165) is 24.2 Å². The van der Waals surface area contributed by atoms with Crippen molar-refractivity contribution in [1.29, 1.82) is 0 Å². The Bertz CT molecular complexity index is 837. The van der Waals surface area contributed by atoms with Crippen molar-refractivity contribution in [2.75, 3.05) is 24.5 Å². The van der Waals surface area contributed by atoms with E-state index in [1.165, 1.54) is 26.9 Å². The third kappa shape index (κ3) is 6.05. The first kappa shape index (κ1) is 20.9. The number of nitrogens with one attached hydrogen (secondary N) is 2. The second-order valence-corrected chi connectivity index (χ2v) is 7.04. The Morgan fingerprint density at radius 3 is 2.76 bits per heavy atom. The molecule has 0 atom stereocenters. The molecule has 156 valence electrons. The molecule has 0 spiro atoms. The van der Waals surface area contributed by atoms with Gasteiger partial charge in [-0.1, -0.05) is 25.0 Å². The number of rotatable bonds is 9. The summed E-state index contributed by atoms with van der Waals surface area (Å²) in [5.41, 5.74) is 2.17. The molecule has 1 saturated carbocycles. The molecule has 8 nitrogen and oxygen atoms in total. The van der Waals surface area contributed by atoms with E-state index in [4.69, 9.17) is 14.2 Å². The minimum atomic E-state index is -0.192. The number of nitrogens with zero attached hydrogens (tertiary/aromatic N) is 2. The van der Waals surface area contributed by atoms with Crippen molar-refractivity contribution in [2.45, 2.75) is 52.2 Å². The molecule has 1 heterocycles. The molecule has 0 radical (unpaired) electrons. The summed E-state index contributed by atoms with van der Waals surface area (Å²) in [7, 11) is 1.51. The highest BCUT2D eigenvalue weighted by molar-refractivity contribution is 5.92. The number of hydrogen-bond acceptors (Lipinski definition) is 7. The zero-order valence-electron chi connectivity index (χ0n) is 17.2. The lowest BCUT2D eigenvalue weighted by molar-refractivity contribution is -0.114. The molecular weight excluding hydrogens is 372 g/mol. The molecular formula is C21H28N4O4. The minimum Gasteiger partial charge on any atom is -0.468 e. The molecule has 1 aromatic carbocycles. The number of carbonyl (C=O) groups is 1. The van der Waals surface area contributed by atoms with Crippen molar-refractivity contribution in [2.24, 2.45) is 0 Å². The Morgan fingerprint density at radius 1 is 1.24 bits per heavy atom. The maximum atomic E-state index is 11.5. The van der Waals surface area contributed by atoms with Crippen molar-refractivity contribution in [3.63, 3.8) is 0 Å². The third-order valence-corrected chi connectivity index (χ3v) is 4.74. The van der Waals surface area contributed by atoms with Crippen molar-refractivity contribution in [1.82, 2.24) is 9.97 Å². The predicted octanol–water partition coefficient (Wildman–Crippen LogP) is 3.66. The van der Waals surface area contributed by atoms with Crippen LogP contribution in [-0.2, 0) is 16.1 Å². The number of benzene rings is 1. The Hall–Kier alpha value is -2.87. The topological polar surface area (TPSA) is 94.6 Å². The van der Waals surface area contributed by atoms with Gasteiger partial charge in [0.25, 0.3) is 0 Å². The SMILES string of the molecule is COc1nc(C)c(NC(C)=O)c(NCc2cccc(OCOC3CCCC3)c2)n1. The van der Waals surface area contributed by atoms with Crippen LogP contribution in [0.4, 0.5) is 11.5 Å². The van der Waals surface area contributed by atoms with Gasteiger partial charge in [0.1, 0.15) is 11.4 Å². The van der Waals surface area contributed by atoms with Crippen molar-refractivity contribution in [3.8, 4) is 11.8 Å². The first-order valence-electron chi connectivity index (χ1n) is 9.82. The summed E-state index contributed by atoms with van der Waals surface area (Å²) in [6.45, 7) is 3.99. The smallest absolute Gasteiger partial charge is 0.318 e. The van der Waals surface area contributed by atoms with Crippen LogP contribution in [0.2, 0.25) is 0 Å². The fourth-order valence-corrected chi connectivity index (χ4v) is 3.28. The van der Waals surface area contributed by atoms with E-state index < -0.39 is 0 Å². The fourth-order valence-electron chi connectivity index (χ4n) is 3.28. The number of carbonyl (C=O) groups excluding carboxylic acids is 1. The third-order valence-electron chi connectivity index (χ3n) is 4.74. The van der Waals surface area contributed by atoms with Gasteiger partial charge in [0, 0.05) is 13.5 Å². The maximum absolute atomic E-state index is 11.5. The molecule has 0 aliphatic heterocycles. The average Bonchev–Trinajstić information content (AvgIpc) is 3.22. The highest BCUT2D eigenvalue weighted by atomic mass is 16.7. The van der Waals surface area contributed by atoms with Crippen LogP contribution < -0.4 is 20.1 Å². The van der Waals surface area contributed by atoms with E-state index in [2.05, 4.69) is 20.6 Å². The molecule has 29 heavy (non-hydrogen) atoms. The zero-order chi connectivity index (χ0) is 20.6. The molecule has 0 saturated heterocycles. The largest absolute Gasteiger partial charge is 0.468 e. The van der Waals surface area contributed by atoms with Gasteiger partial charge in [-0.2, -0.15) is 9.97 Å². The highest BCUT2D eigenvalue weighted by Crippen LogP contribution is 2.26. The van der Waals surface area contributed by atoms with Crippen LogP contribution in [-0.4, -0.2) is 35.9 Å². The molecule has 0 unspecified atom stereocenters. The van der Waals surface area contributed by atoms with E-state index in [9.17, 15) is 4.79 Å². The second-order valence-electron chi connectivity index (χ2n) is 7.04. The molecule has 1 fully saturated rings. The summed E-state index contributed by atoms with van der Waals surface area (Å²) >= 11 is 0. The van der Waals surface area contributed by atoms with Gasteiger partial charge in [-0.05, 0) is 37.5 Å². The van der Waals surface area contributed by atoms with Crippen LogP contribution >= 0.6 is 0 Å². The van der Waals surface area contributed by atoms with Crippen LogP contribution in [0, 0.1) is 6.92 Å². The van der Waals surface area contributed by atoms with Crippen LogP contribution in [0.25, 0.3) is 0 Å². The second kappa shape index (κ2) is 10.1. The van der Waals surface area contributed by atoms with E-state index >= 15 is 0 Å². The summed E-state index contributed by atoms with van der Waals surface area (Å²) in [5.74, 6) is 1.06. The number of anilines is 2. The monoisotopic (exact) mass is 400 g/mol. The van der Waals surface area contributed by atoms with Gasteiger partial charge in [-0.15, -0.1) is 0 Å². The molecule has 3 rings (SSSR count). The Morgan fingerprint density at radius 2 is 2.03 bits per heavy atom. The summed E-state index contributed by atoms with van der Waals surface area (Å²) < 4.78 is 16.6. The number of hydrogen-bond donors (Lipinski definition) is 2. The van der Waals surface area contributed by atoms with Gasteiger partial charge in [0.2, 0.25) is 5.91 Å². The molecule has 0 bridgehead atoms. The minimum absolute atomic E-state index is 0.192. The maximum Gasteiger partial charge on any atom is 0.318 e. The number of amides is 1. The van der Waals surface area contributed by atoms with Crippen molar-refractivity contribution >= 4 is 17.4 Å². The van der Waals surface area contributed by atoms with Crippen LogP contribution in [0.3, 0.4) is 0 Å². The molecule has 1 amide bonds. The fraction of sp³-hybridized carbons (Fsp3) is 0.476. The number of aromatic nitrogens is 2. The summed E-state index contributed by atoms with van der Waals surface area (Å²) in [4.78, 5) is 20.1. The molecule has 2 N–H and O–H groups in total. The van der Waals surface area contributed by atoms with E-state index in [-0.39, 0.29) is 18.7 Å². The van der Waals surface area contributed by atoms with Gasteiger partial charge < -0.3 is 24.8 Å². The lowest BCUT2D eigenvalue weighted by Gasteiger charge is -2.15. The summed E-state index contributed by atoms with van der Waals surface area (Å²) in [6, 6.07) is 8.01. The number of methoxy groups -OCH3 is 1. The van der Waals surface area contributed by atoms with Gasteiger partial charge in [-0.25, -0.2) is 0 Å². The quantitative estimate of drug-likeness (QED) is 0.620. The Labute approximate surface area is 171 Å². The van der Waals surface area contributed by atoms with Gasteiger partial charge >= 0.3 is 6.01 Å². The predicted molar refractivity (Wildman–Crippen MR) is 110 cm³/mol. The lowest BCUT2D eigenvalue weighted by atomic mass is 10.2. The standard InChI is InChI=1S/C21H28N4O4/c1-14-19(24-15(2)26)20(25-21(23-14)27-3)22-12-16-7-6-10-18(11-16)29-13-28-17-8-4-5-9-17/h6-7,10-11,17H,4-5,8-9,12-13H2,1-3H3,(H,24,26)(H,22,23,25). The van der Waals surface area contributed by atoms with E-state index in [1.807, 2.05) is 24.3 Å².